The number of fused-ring (bicyclic) bond motifs is 1. The van der Waals surface area contributed by atoms with Gasteiger partial charge in [-0.25, -0.2) is 4.68 Å². The van der Waals surface area contributed by atoms with Crippen LogP contribution in [-0.2, 0) is 0 Å². The molecule has 0 amide bonds. The fraction of sp³-hybridized carbons (Fsp3) is 0.267. The third-order valence-electron chi connectivity index (χ3n) is 3.83. The van der Waals surface area contributed by atoms with Gasteiger partial charge in [-0.3, -0.25) is 0 Å². The van der Waals surface area contributed by atoms with Gasteiger partial charge in [0.1, 0.15) is 11.6 Å². The SMILES string of the molecule is C=C(O)c1cnn2c1NC(c1ccccc1Cl)CC2C(F)(F)F. The number of rotatable bonds is 2. The van der Waals surface area contributed by atoms with Crippen LogP contribution in [0.15, 0.2) is 37.0 Å². The first kappa shape index (κ1) is 15.7. The van der Waals surface area contributed by atoms with Crippen molar-refractivity contribution >= 4 is 23.2 Å². The number of nitrogens with one attached hydrogen (secondary N) is 1. The molecule has 1 aliphatic rings. The highest BCUT2D eigenvalue weighted by Gasteiger charge is 2.47. The summed E-state index contributed by atoms with van der Waals surface area (Å²) in [5.41, 5.74) is 0.696. The van der Waals surface area contributed by atoms with Crippen molar-refractivity contribution in [3.63, 3.8) is 0 Å². The number of alkyl halides is 3. The number of hydrogen-bond acceptors (Lipinski definition) is 3. The maximum Gasteiger partial charge on any atom is 0.410 e. The van der Waals surface area contributed by atoms with Crippen molar-refractivity contribution in [3.05, 3.63) is 53.2 Å². The van der Waals surface area contributed by atoms with Crippen LogP contribution in [0.5, 0.6) is 0 Å². The van der Waals surface area contributed by atoms with E-state index >= 15 is 0 Å². The van der Waals surface area contributed by atoms with E-state index in [0.29, 0.717) is 10.6 Å². The average molecular weight is 344 g/mol. The largest absolute Gasteiger partial charge is 0.508 e. The van der Waals surface area contributed by atoms with Gasteiger partial charge in [0.25, 0.3) is 0 Å². The fourth-order valence-electron chi connectivity index (χ4n) is 2.74. The van der Waals surface area contributed by atoms with Gasteiger partial charge in [-0.05, 0) is 11.6 Å². The zero-order chi connectivity index (χ0) is 16.8. The average Bonchev–Trinajstić information content (AvgIpc) is 2.89. The van der Waals surface area contributed by atoms with Gasteiger partial charge in [0, 0.05) is 11.4 Å². The number of aliphatic hydroxyl groups is 1. The lowest BCUT2D eigenvalue weighted by atomic mass is 9.96. The van der Waals surface area contributed by atoms with Gasteiger partial charge in [-0.15, -0.1) is 0 Å². The third-order valence-corrected chi connectivity index (χ3v) is 4.17. The van der Waals surface area contributed by atoms with Crippen LogP contribution in [0.4, 0.5) is 19.0 Å². The standard InChI is InChI=1S/C15H13ClF3N3O/c1-8(23)10-7-20-22-13(15(17,18)19)6-12(21-14(10)22)9-4-2-3-5-11(9)16/h2-5,7,12-13,21,23H,1,6H2. The van der Waals surface area contributed by atoms with Crippen LogP contribution in [0, 0.1) is 0 Å². The molecule has 0 radical (unpaired) electrons. The molecule has 0 fully saturated rings. The summed E-state index contributed by atoms with van der Waals surface area (Å²) in [6.07, 6.45) is -3.56. The van der Waals surface area contributed by atoms with Crippen LogP contribution in [0.25, 0.3) is 5.76 Å². The van der Waals surface area contributed by atoms with Gasteiger partial charge in [-0.1, -0.05) is 36.4 Å². The molecule has 0 spiro atoms. The summed E-state index contributed by atoms with van der Waals surface area (Å²) in [5.74, 6) is -0.268. The highest BCUT2D eigenvalue weighted by Crippen LogP contribution is 2.45. The Hall–Kier alpha value is -2.15. The summed E-state index contributed by atoms with van der Waals surface area (Å²) < 4.78 is 41.1. The Kier molecular flexibility index (Phi) is 3.75. The number of aromatic nitrogens is 2. The molecule has 2 N–H and O–H groups in total. The molecule has 23 heavy (non-hydrogen) atoms. The Labute approximate surface area is 135 Å². The Balaban J connectivity index is 2.09. The molecule has 2 atom stereocenters. The van der Waals surface area contributed by atoms with E-state index in [1.807, 2.05) is 0 Å². The van der Waals surface area contributed by atoms with Crippen molar-refractivity contribution in [3.8, 4) is 0 Å². The summed E-state index contributed by atoms with van der Waals surface area (Å²) in [7, 11) is 0. The first-order valence-corrected chi connectivity index (χ1v) is 7.20. The van der Waals surface area contributed by atoms with Crippen LogP contribution in [0.2, 0.25) is 5.02 Å². The van der Waals surface area contributed by atoms with E-state index in [9.17, 15) is 18.3 Å². The Bertz CT molecular complexity index is 757. The third kappa shape index (κ3) is 2.76. The minimum absolute atomic E-state index is 0.0796. The molecule has 0 saturated heterocycles. The molecular formula is C15H13ClF3N3O. The van der Waals surface area contributed by atoms with Crippen molar-refractivity contribution in [1.29, 1.82) is 0 Å². The number of hydrogen-bond donors (Lipinski definition) is 2. The van der Waals surface area contributed by atoms with Crippen LogP contribution in [0.3, 0.4) is 0 Å². The smallest absolute Gasteiger partial charge is 0.410 e. The highest BCUT2D eigenvalue weighted by atomic mass is 35.5. The number of halogens is 4. The fourth-order valence-corrected chi connectivity index (χ4v) is 3.00. The second kappa shape index (κ2) is 5.49. The van der Waals surface area contributed by atoms with Gasteiger partial charge in [0.2, 0.25) is 0 Å². The van der Waals surface area contributed by atoms with Gasteiger partial charge in [0.15, 0.2) is 6.04 Å². The number of aliphatic hydroxyl groups excluding tert-OH is 1. The minimum Gasteiger partial charge on any atom is -0.508 e. The van der Waals surface area contributed by atoms with Crippen molar-refractivity contribution < 1.29 is 18.3 Å². The van der Waals surface area contributed by atoms with E-state index in [1.165, 1.54) is 6.20 Å². The van der Waals surface area contributed by atoms with Crippen molar-refractivity contribution in [2.75, 3.05) is 5.32 Å². The van der Waals surface area contributed by atoms with Gasteiger partial charge < -0.3 is 10.4 Å². The highest BCUT2D eigenvalue weighted by molar-refractivity contribution is 6.31. The minimum atomic E-state index is -4.48. The molecule has 8 heteroatoms. The molecule has 2 heterocycles. The Morgan fingerprint density at radius 3 is 2.70 bits per heavy atom. The quantitative estimate of drug-likeness (QED) is 0.775. The molecule has 0 saturated carbocycles. The number of nitrogens with zero attached hydrogens (tertiary/aromatic N) is 2. The molecule has 0 bridgehead atoms. The van der Waals surface area contributed by atoms with Crippen molar-refractivity contribution in [2.45, 2.75) is 24.7 Å². The number of benzene rings is 1. The first-order chi connectivity index (χ1) is 10.8. The Morgan fingerprint density at radius 1 is 1.39 bits per heavy atom. The maximum atomic E-state index is 13.4. The van der Waals surface area contributed by atoms with Crippen LogP contribution in [-0.4, -0.2) is 21.1 Å². The summed E-state index contributed by atoms with van der Waals surface area (Å²) in [6, 6.07) is 4.25. The molecule has 4 nitrogen and oxygen atoms in total. The van der Waals surface area contributed by atoms with Crippen molar-refractivity contribution in [1.82, 2.24) is 9.78 Å². The molecule has 2 aromatic rings. The predicted molar refractivity (Wildman–Crippen MR) is 81.4 cm³/mol. The first-order valence-electron chi connectivity index (χ1n) is 6.82. The molecular weight excluding hydrogens is 331 g/mol. The molecule has 1 aromatic carbocycles. The van der Waals surface area contributed by atoms with E-state index in [0.717, 1.165) is 4.68 Å². The van der Waals surface area contributed by atoms with Crippen molar-refractivity contribution in [2.24, 2.45) is 0 Å². The second-order valence-electron chi connectivity index (χ2n) is 5.31. The zero-order valence-corrected chi connectivity index (χ0v) is 12.6. The molecule has 1 aliphatic heterocycles. The van der Waals surface area contributed by atoms with Gasteiger partial charge in [-0.2, -0.15) is 18.3 Å². The summed E-state index contributed by atoms with van der Waals surface area (Å²) >= 11 is 6.11. The number of anilines is 1. The lowest BCUT2D eigenvalue weighted by Crippen LogP contribution is -2.36. The zero-order valence-electron chi connectivity index (χ0n) is 11.8. The summed E-state index contributed by atoms with van der Waals surface area (Å²) in [6.45, 7) is 3.36. The topological polar surface area (TPSA) is 50.1 Å². The van der Waals surface area contributed by atoms with Crippen LogP contribution < -0.4 is 5.32 Å². The van der Waals surface area contributed by atoms with E-state index in [1.54, 1.807) is 24.3 Å². The molecule has 122 valence electrons. The molecule has 2 unspecified atom stereocenters. The predicted octanol–water partition coefficient (Wildman–Crippen LogP) is 4.73. The summed E-state index contributed by atoms with van der Waals surface area (Å²) in [4.78, 5) is 0. The molecule has 1 aromatic heterocycles. The Morgan fingerprint density at radius 2 is 2.09 bits per heavy atom. The monoisotopic (exact) mass is 343 g/mol. The molecule has 0 aliphatic carbocycles. The van der Waals surface area contributed by atoms with Crippen LogP contribution in [0.1, 0.15) is 29.6 Å². The normalized spacial score (nSPS) is 20.7. The molecule has 3 rings (SSSR count). The van der Waals surface area contributed by atoms with Gasteiger partial charge >= 0.3 is 6.18 Å². The summed E-state index contributed by atoms with van der Waals surface area (Å²) in [5, 5.41) is 16.7. The lowest BCUT2D eigenvalue weighted by molar-refractivity contribution is -0.173. The van der Waals surface area contributed by atoms with E-state index < -0.39 is 18.3 Å². The second-order valence-corrected chi connectivity index (χ2v) is 5.72. The lowest BCUT2D eigenvalue weighted by Gasteiger charge is -2.34. The van der Waals surface area contributed by atoms with Gasteiger partial charge in [0.05, 0.1) is 17.8 Å². The van der Waals surface area contributed by atoms with E-state index in [-0.39, 0.29) is 23.6 Å². The van der Waals surface area contributed by atoms with E-state index in [2.05, 4.69) is 17.0 Å². The van der Waals surface area contributed by atoms with E-state index in [4.69, 9.17) is 11.6 Å². The maximum absolute atomic E-state index is 13.4. The van der Waals surface area contributed by atoms with Crippen LogP contribution >= 0.6 is 11.6 Å².